The van der Waals surface area contributed by atoms with Crippen LogP contribution in [0.2, 0.25) is 0 Å². The Hall–Kier alpha value is -2.01. The molecule has 1 aromatic heterocycles. The Labute approximate surface area is 116 Å². The van der Waals surface area contributed by atoms with Crippen molar-refractivity contribution in [1.82, 2.24) is 10.3 Å². The lowest BCUT2D eigenvalue weighted by Crippen LogP contribution is -2.13. The Kier molecular flexibility index (Phi) is 4.63. The first-order chi connectivity index (χ1) is 9.61. The number of hydrogen-bond acceptors (Lipinski definition) is 3. The average Bonchev–Trinajstić information content (AvgIpc) is 2.42. The molecule has 5 heteroatoms. The quantitative estimate of drug-likeness (QED) is 0.908. The van der Waals surface area contributed by atoms with Crippen molar-refractivity contribution in [3.05, 3.63) is 53.2 Å². The molecule has 0 fully saturated rings. The zero-order valence-corrected chi connectivity index (χ0v) is 11.4. The number of nitrogens with zero attached hydrogens (tertiary/aromatic N) is 1. The van der Waals surface area contributed by atoms with Gasteiger partial charge in [0.05, 0.1) is 0 Å². The second kappa shape index (κ2) is 6.43. The Balaban J connectivity index is 2.24. The smallest absolute Gasteiger partial charge is 0.256 e. The minimum Gasteiger partial charge on any atom is -0.436 e. The summed E-state index contributed by atoms with van der Waals surface area (Å²) >= 11 is 0. The van der Waals surface area contributed by atoms with E-state index in [1.807, 2.05) is 6.92 Å². The molecule has 3 nitrogen and oxygen atoms in total. The topological polar surface area (TPSA) is 34.2 Å². The molecule has 0 amide bonds. The number of ether oxygens (including phenoxy) is 1. The van der Waals surface area contributed by atoms with Gasteiger partial charge in [0.1, 0.15) is 11.6 Å². The standard InChI is InChI=1S/C15H16F2N2O/c1-3-18-9-11-6-7-19-15(14(11)17)20-13-5-4-12(16)8-10(13)2/h4-8,18H,3,9H2,1-2H3. The predicted molar refractivity (Wildman–Crippen MR) is 72.8 cm³/mol. The van der Waals surface area contributed by atoms with Crippen molar-refractivity contribution in [1.29, 1.82) is 0 Å². The normalized spacial score (nSPS) is 10.6. The van der Waals surface area contributed by atoms with E-state index in [2.05, 4.69) is 10.3 Å². The Morgan fingerprint density at radius 3 is 2.75 bits per heavy atom. The lowest BCUT2D eigenvalue weighted by atomic mass is 10.2. The summed E-state index contributed by atoms with van der Waals surface area (Å²) in [4.78, 5) is 3.89. The summed E-state index contributed by atoms with van der Waals surface area (Å²) in [6.45, 7) is 4.79. The lowest BCUT2D eigenvalue weighted by molar-refractivity contribution is 0.414. The summed E-state index contributed by atoms with van der Waals surface area (Å²) in [7, 11) is 0. The molecule has 1 aromatic carbocycles. The van der Waals surface area contributed by atoms with Gasteiger partial charge >= 0.3 is 0 Å². The van der Waals surface area contributed by atoms with Crippen molar-refractivity contribution < 1.29 is 13.5 Å². The third-order valence-electron chi connectivity index (χ3n) is 2.85. The number of halogens is 2. The number of aryl methyl sites for hydroxylation is 1. The molecule has 0 aliphatic carbocycles. The van der Waals surface area contributed by atoms with Crippen LogP contribution in [0.25, 0.3) is 0 Å². The first-order valence-electron chi connectivity index (χ1n) is 6.40. The third-order valence-corrected chi connectivity index (χ3v) is 2.85. The molecule has 1 N–H and O–H groups in total. The molecule has 0 saturated heterocycles. The van der Waals surface area contributed by atoms with Crippen LogP contribution < -0.4 is 10.1 Å². The SMILES string of the molecule is CCNCc1ccnc(Oc2ccc(F)cc2C)c1F. The van der Waals surface area contributed by atoms with Gasteiger partial charge in [-0.15, -0.1) is 0 Å². The Morgan fingerprint density at radius 2 is 2.05 bits per heavy atom. The Morgan fingerprint density at radius 1 is 1.25 bits per heavy atom. The summed E-state index contributed by atoms with van der Waals surface area (Å²) in [6, 6.07) is 5.66. The molecule has 0 atom stereocenters. The van der Waals surface area contributed by atoms with Gasteiger partial charge in [-0.3, -0.25) is 0 Å². The largest absolute Gasteiger partial charge is 0.436 e. The van der Waals surface area contributed by atoms with Gasteiger partial charge in [-0.1, -0.05) is 6.92 Å². The van der Waals surface area contributed by atoms with Crippen LogP contribution in [0.15, 0.2) is 30.5 Å². The van der Waals surface area contributed by atoms with Gasteiger partial charge in [0.25, 0.3) is 5.88 Å². The summed E-state index contributed by atoms with van der Waals surface area (Å²) in [5.41, 5.74) is 1.07. The fourth-order valence-electron chi connectivity index (χ4n) is 1.76. The van der Waals surface area contributed by atoms with E-state index >= 15 is 0 Å². The Bertz CT molecular complexity index is 602. The zero-order valence-electron chi connectivity index (χ0n) is 11.4. The fraction of sp³-hybridized carbons (Fsp3) is 0.267. The van der Waals surface area contributed by atoms with E-state index < -0.39 is 5.82 Å². The maximum atomic E-state index is 14.2. The molecule has 0 radical (unpaired) electrons. The number of rotatable bonds is 5. The van der Waals surface area contributed by atoms with Crippen LogP contribution in [0.4, 0.5) is 8.78 Å². The van der Waals surface area contributed by atoms with E-state index in [0.717, 1.165) is 6.54 Å². The monoisotopic (exact) mass is 278 g/mol. The lowest BCUT2D eigenvalue weighted by Gasteiger charge is -2.10. The van der Waals surface area contributed by atoms with Gasteiger partial charge in [0.15, 0.2) is 5.82 Å². The molecule has 2 aromatic rings. The van der Waals surface area contributed by atoms with Gasteiger partial charge in [0.2, 0.25) is 0 Å². The van der Waals surface area contributed by atoms with Gasteiger partial charge in [0, 0.05) is 18.3 Å². The summed E-state index contributed by atoms with van der Waals surface area (Å²) in [5, 5.41) is 3.04. The molecule has 106 valence electrons. The van der Waals surface area contributed by atoms with Crippen molar-refractivity contribution in [2.24, 2.45) is 0 Å². The maximum absolute atomic E-state index is 14.2. The van der Waals surface area contributed by atoms with E-state index in [9.17, 15) is 8.78 Å². The molecule has 0 aliphatic rings. The minimum atomic E-state index is -0.503. The average molecular weight is 278 g/mol. The van der Waals surface area contributed by atoms with Crippen molar-refractivity contribution in [3.63, 3.8) is 0 Å². The molecule has 2 rings (SSSR count). The van der Waals surface area contributed by atoms with E-state index in [4.69, 9.17) is 4.74 Å². The number of aromatic nitrogens is 1. The van der Waals surface area contributed by atoms with Crippen LogP contribution in [0, 0.1) is 18.6 Å². The van der Waals surface area contributed by atoms with Crippen molar-refractivity contribution >= 4 is 0 Å². The summed E-state index contributed by atoms with van der Waals surface area (Å²) in [5.74, 6) is -0.574. The van der Waals surface area contributed by atoms with Gasteiger partial charge in [-0.2, -0.15) is 0 Å². The molecular formula is C15H16F2N2O. The third kappa shape index (κ3) is 3.30. The number of pyridine rings is 1. The van der Waals surface area contributed by atoms with Crippen LogP contribution >= 0.6 is 0 Å². The number of nitrogens with one attached hydrogen (secondary N) is 1. The highest BCUT2D eigenvalue weighted by Crippen LogP contribution is 2.27. The summed E-state index contributed by atoms with van der Waals surface area (Å²) < 4.78 is 32.6. The predicted octanol–water partition coefficient (Wildman–Crippen LogP) is 3.57. The highest BCUT2D eigenvalue weighted by molar-refractivity contribution is 5.36. The van der Waals surface area contributed by atoms with Crippen molar-refractivity contribution in [3.8, 4) is 11.6 Å². The maximum Gasteiger partial charge on any atom is 0.256 e. The van der Waals surface area contributed by atoms with Crippen molar-refractivity contribution in [2.45, 2.75) is 20.4 Å². The molecule has 1 heterocycles. The molecule has 20 heavy (non-hydrogen) atoms. The molecular weight excluding hydrogens is 262 g/mol. The van der Waals surface area contributed by atoms with Crippen LogP contribution in [-0.2, 0) is 6.54 Å². The molecule has 0 aliphatic heterocycles. The van der Waals surface area contributed by atoms with Crippen LogP contribution in [0.1, 0.15) is 18.1 Å². The van der Waals surface area contributed by atoms with Gasteiger partial charge in [-0.25, -0.2) is 13.8 Å². The molecule has 0 spiro atoms. The highest BCUT2D eigenvalue weighted by Gasteiger charge is 2.12. The van der Waals surface area contributed by atoms with E-state index in [-0.39, 0.29) is 11.7 Å². The van der Waals surface area contributed by atoms with Crippen LogP contribution in [0.5, 0.6) is 11.6 Å². The first kappa shape index (κ1) is 14.4. The molecule has 0 unspecified atom stereocenters. The fourth-order valence-corrected chi connectivity index (χ4v) is 1.76. The highest BCUT2D eigenvalue weighted by atomic mass is 19.1. The van der Waals surface area contributed by atoms with Gasteiger partial charge in [-0.05, 0) is 43.3 Å². The first-order valence-corrected chi connectivity index (χ1v) is 6.40. The zero-order chi connectivity index (χ0) is 14.5. The number of hydrogen-bond donors (Lipinski definition) is 1. The van der Waals surface area contributed by atoms with Crippen LogP contribution in [0.3, 0.4) is 0 Å². The second-order valence-corrected chi connectivity index (χ2v) is 4.38. The van der Waals surface area contributed by atoms with E-state index in [1.165, 1.54) is 24.4 Å². The second-order valence-electron chi connectivity index (χ2n) is 4.38. The van der Waals surface area contributed by atoms with E-state index in [0.29, 0.717) is 23.4 Å². The van der Waals surface area contributed by atoms with Gasteiger partial charge < -0.3 is 10.1 Å². The molecule has 0 bridgehead atoms. The molecule has 0 saturated carbocycles. The van der Waals surface area contributed by atoms with E-state index in [1.54, 1.807) is 13.0 Å². The number of benzene rings is 1. The summed E-state index contributed by atoms with van der Waals surface area (Å²) in [6.07, 6.45) is 1.49. The van der Waals surface area contributed by atoms with Crippen LogP contribution in [-0.4, -0.2) is 11.5 Å². The van der Waals surface area contributed by atoms with Crippen molar-refractivity contribution in [2.75, 3.05) is 6.54 Å². The minimum absolute atomic E-state index is 0.102.